The molecule has 1 aliphatic heterocycles. The largest absolute Gasteiger partial charge is 0.467 e. The SMILES string of the molecule is CC(C(=O)NCc1ccco1)N(C)CC1CCCCN1. The van der Waals surface area contributed by atoms with Crippen LogP contribution in [0.15, 0.2) is 22.8 Å². The molecule has 1 saturated heterocycles. The number of likely N-dealkylation sites (N-methyl/N-ethyl adjacent to an activating group) is 1. The van der Waals surface area contributed by atoms with Crippen LogP contribution < -0.4 is 10.6 Å². The van der Waals surface area contributed by atoms with Gasteiger partial charge in [-0.3, -0.25) is 9.69 Å². The second-order valence-electron chi connectivity index (χ2n) is 5.56. The molecule has 0 bridgehead atoms. The molecular formula is C15H25N3O2. The molecular weight excluding hydrogens is 254 g/mol. The van der Waals surface area contributed by atoms with Crippen molar-refractivity contribution < 1.29 is 9.21 Å². The number of piperidine rings is 1. The van der Waals surface area contributed by atoms with Gasteiger partial charge in [0.15, 0.2) is 0 Å². The first-order valence-corrected chi connectivity index (χ1v) is 7.40. The maximum atomic E-state index is 12.1. The van der Waals surface area contributed by atoms with Crippen LogP contribution in [0.3, 0.4) is 0 Å². The van der Waals surface area contributed by atoms with E-state index in [1.54, 1.807) is 6.26 Å². The van der Waals surface area contributed by atoms with E-state index in [1.165, 1.54) is 19.3 Å². The quantitative estimate of drug-likeness (QED) is 0.825. The van der Waals surface area contributed by atoms with E-state index in [0.29, 0.717) is 12.6 Å². The summed E-state index contributed by atoms with van der Waals surface area (Å²) in [7, 11) is 2.01. The third-order valence-electron chi connectivity index (χ3n) is 3.98. The molecule has 1 amide bonds. The second-order valence-corrected chi connectivity index (χ2v) is 5.56. The van der Waals surface area contributed by atoms with E-state index in [2.05, 4.69) is 15.5 Å². The predicted molar refractivity (Wildman–Crippen MR) is 78.3 cm³/mol. The van der Waals surface area contributed by atoms with Crippen molar-refractivity contribution in [2.75, 3.05) is 20.1 Å². The summed E-state index contributed by atoms with van der Waals surface area (Å²) in [6, 6.07) is 4.06. The van der Waals surface area contributed by atoms with Gasteiger partial charge < -0.3 is 15.1 Å². The highest BCUT2D eigenvalue weighted by Gasteiger charge is 2.22. The Morgan fingerprint density at radius 3 is 3.10 bits per heavy atom. The van der Waals surface area contributed by atoms with Crippen molar-refractivity contribution >= 4 is 5.91 Å². The van der Waals surface area contributed by atoms with Crippen LogP contribution in [0, 0.1) is 0 Å². The number of nitrogens with zero attached hydrogens (tertiary/aromatic N) is 1. The Balaban J connectivity index is 1.73. The molecule has 112 valence electrons. The molecule has 1 aromatic heterocycles. The van der Waals surface area contributed by atoms with Crippen LogP contribution in [-0.2, 0) is 11.3 Å². The number of hydrogen-bond donors (Lipinski definition) is 2. The van der Waals surface area contributed by atoms with Crippen LogP contribution in [0.1, 0.15) is 31.9 Å². The van der Waals surface area contributed by atoms with Gasteiger partial charge in [-0.2, -0.15) is 0 Å². The van der Waals surface area contributed by atoms with E-state index in [1.807, 2.05) is 26.1 Å². The molecule has 1 aromatic rings. The van der Waals surface area contributed by atoms with Crippen molar-refractivity contribution in [3.05, 3.63) is 24.2 Å². The van der Waals surface area contributed by atoms with E-state index in [4.69, 9.17) is 4.42 Å². The molecule has 2 N–H and O–H groups in total. The summed E-state index contributed by atoms with van der Waals surface area (Å²) < 4.78 is 5.21. The normalized spacial score (nSPS) is 20.9. The monoisotopic (exact) mass is 279 g/mol. The fourth-order valence-corrected chi connectivity index (χ4v) is 2.52. The van der Waals surface area contributed by atoms with E-state index < -0.39 is 0 Å². The van der Waals surface area contributed by atoms with Gasteiger partial charge in [0.1, 0.15) is 5.76 Å². The van der Waals surface area contributed by atoms with Gasteiger partial charge in [0.25, 0.3) is 0 Å². The van der Waals surface area contributed by atoms with Crippen molar-refractivity contribution in [2.45, 2.75) is 44.8 Å². The molecule has 5 heteroatoms. The average molecular weight is 279 g/mol. The zero-order chi connectivity index (χ0) is 14.4. The zero-order valence-electron chi connectivity index (χ0n) is 12.4. The Kier molecular flexibility index (Phi) is 5.61. The molecule has 2 unspecified atom stereocenters. The number of furan rings is 1. The first-order valence-electron chi connectivity index (χ1n) is 7.40. The fraction of sp³-hybridized carbons (Fsp3) is 0.667. The van der Waals surface area contributed by atoms with Crippen molar-refractivity contribution in [3.8, 4) is 0 Å². The van der Waals surface area contributed by atoms with Gasteiger partial charge in [-0.25, -0.2) is 0 Å². The minimum atomic E-state index is -0.131. The lowest BCUT2D eigenvalue weighted by atomic mass is 10.0. The fourth-order valence-electron chi connectivity index (χ4n) is 2.52. The summed E-state index contributed by atoms with van der Waals surface area (Å²) in [6.07, 6.45) is 5.36. The first kappa shape index (κ1) is 15.1. The Morgan fingerprint density at radius 2 is 2.45 bits per heavy atom. The van der Waals surface area contributed by atoms with Crippen molar-refractivity contribution in [1.82, 2.24) is 15.5 Å². The second kappa shape index (κ2) is 7.45. The van der Waals surface area contributed by atoms with Gasteiger partial charge in [-0.1, -0.05) is 6.42 Å². The molecule has 1 aliphatic rings. The summed E-state index contributed by atoms with van der Waals surface area (Å²) >= 11 is 0. The summed E-state index contributed by atoms with van der Waals surface area (Å²) in [5, 5.41) is 6.42. The third-order valence-corrected chi connectivity index (χ3v) is 3.98. The molecule has 0 saturated carbocycles. The van der Waals surface area contributed by atoms with Crippen LogP contribution >= 0.6 is 0 Å². The summed E-state index contributed by atoms with van der Waals surface area (Å²) in [6.45, 7) is 4.40. The Hall–Kier alpha value is -1.33. The molecule has 0 aliphatic carbocycles. The minimum Gasteiger partial charge on any atom is -0.467 e. The Morgan fingerprint density at radius 1 is 1.60 bits per heavy atom. The van der Waals surface area contributed by atoms with Gasteiger partial charge in [0.05, 0.1) is 18.8 Å². The highest BCUT2D eigenvalue weighted by atomic mass is 16.3. The number of amides is 1. The third kappa shape index (κ3) is 4.35. The smallest absolute Gasteiger partial charge is 0.237 e. The van der Waals surface area contributed by atoms with E-state index >= 15 is 0 Å². The lowest BCUT2D eigenvalue weighted by Gasteiger charge is -2.31. The molecule has 20 heavy (non-hydrogen) atoms. The molecule has 0 radical (unpaired) electrons. The number of rotatable bonds is 6. The van der Waals surface area contributed by atoms with Crippen LogP contribution in [-0.4, -0.2) is 43.0 Å². The van der Waals surface area contributed by atoms with E-state index in [9.17, 15) is 4.79 Å². The summed E-state index contributed by atoms with van der Waals surface area (Å²) in [5.74, 6) is 0.821. The van der Waals surface area contributed by atoms with Gasteiger partial charge in [-0.15, -0.1) is 0 Å². The van der Waals surface area contributed by atoms with Crippen LogP contribution in [0.25, 0.3) is 0 Å². The molecule has 1 fully saturated rings. The summed E-state index contributed by atoms with van der Waals surface area (Å²) in [5.41, 5.74) is 0. The zero-order valence-corrected chi connectivity index (χ0v) is 12.4. The molecule has 0 spiro atoms. The number of carbonyl (C=O) groups is 1. The van der Waals surface area contributed by atoms with Crippen LogP contribution in [0.4, 0.5) is 0 Å². The van der Waals surface area contributed by atoms with Gasteiger partial charge in [0.2, 0.25) is 5.91 Å². The van der Waals surface area contributed by atoms with Crippen molar-refractivity contribution in [2.24, 2.45) is 0 Å². The van der Waals surface area contributed by atoms with Gasteiger partial charge in [-0.05, 0) is 45.5 Å². The predicted octanol–water partition coefficient (Wildman–Crippen LogP) is 1.36. The molecule has 0 aromatic carbocycles. The van der Waals surface area contributed by atoms with Crippen molar-refractivity contribution in [3.63, 3.8) is 0 Å². The van der Waals surface area contributed by atoms with E-state index in [0.717, 1.165) is 18.8 Å². The van der Waals surface area contributed by atoms with Crippen LogP contribution in [0.5, 0.6) is 0 Å². The van der Waals surface area contributed by atoms with Crippen LogP contribution in [0.2, 0.25) is 0 Å². The highest BCUT2D eigenvalue weighted by Crippen LogP contribution is 2.09. The molecule has 2 atom stereocenters. The Bertz CT molecular complexity index is 399. The lowest BCUT2D eigenvalue weighted by Crippen LogP contribution is -2.49. The highest BCUT2D eigenvalue weighted by molar-refractivity contribution is 5.81. The van der Waals surface area contributed by atoms with E-state index in [-0.39, 0.29) is 11.9 Å². The molecule has 5 nitrogen and oxygen atoms in total. The van der Waals surface area contributed by atoms with Gasteiger partial charge >= 0.3 is 0 Å². The standard InChI is InChI=1S/C15H25N3O2/c1-12(15(19)17-10-14-7-5-9-20-14)18(2)11-13-6-3-4-8-16-13/h5,7,9,12-13,16H,3-4,6,8,10-11H2,1-2H3,(H,17,19). The topological polar surface area (TPSA) is 57.5 Å². The number of carbonyl (C=O) groups excluding carboxylic acids is 1. The first-order chi connectivity index (χ1) is 9.66. The number of nitrogens with one attached hydrogen (secondary N) is 2. The molecule has 2 rings (SSSR count). The number of hydrogen-bond acceptors (Lipinski definition) is 4. The minimum absolute atomic E-state index is 0.0414. The maximum absolute atomic E-state index is 12.1. The maximum Gasteiger partial charge on any atom is 0.237 e. The lowest BCUT2D eigenvalue weighted by molar-refractivity contribution is -0.125. The van der Waals surface area contributed by atoms with Gasteiger partial charge in [0, 0.05) is 12.6 Å². The van der Waals surface area contributed by atoms with Crippen molar-refractivity contribution in [1.29, 1.82) is 0 Å². The molecule has 2 heterocycles. The summed E-state index contributed by atoms with van der Waals surface area (Å²) in [4.78, 5) is 14.2. The average Bonchev–Trinajstić information content (AvgIpc) is 2.98. The Labute approximate surface area is 120 Å².